The van der Waals surface area contributed by atoms with Gasteiger partial charge in [0, 0.05) is 12.1 Å². The molecule has 0 saturated heterocycles. The molecule has 0 fully saturated rings. The monoisotopic (exact) mass is 374 g/mol. The Morgan fingerprint density at radius 3 is 2.54 bits per heavy atom. The maximum absolute atomic E-state index is 13.3. The summed E-state index contributed by atoms with van der Waals surface area (Å²) in [4.78, 5) is 11.3. The van der Waals surface area contributed by atoms with E-state index in [0.717, 1.165) is 42.6 Å². The molecule has 0 aromatic heterocycles. The van der Waals surface area contributed by atoms with Gasteiger partial charge in [0.25, 0.3) is 0 Å². The zero-order chi connectivity index (χ0) is 19.5. The fraction of sp³-hybridized carbons (Fsp3) is 0.208. The van der Waals surface area contributed by atoms with Crippen LogP contribution < -0.4 is 11.1 Å². The Bertz CT molecular complexity index is 998. The first-order valence-electron chi connectivity index (χ1n) is 9.56. The number of nitrogens with two attached hydrogens (primary N) is 1. The van der Waals surface area contributed by atoms with Gasteiger partial charge in [-0.15, -0.1) is 0 Å². The molecule has 0 radical (unpaired) electrons. The van der Waals surface area contributed by atoms with E-state index in [1.165, 1.54) is 11.1 Å². The molecule has 4 heteroatoms. The first-order valence-corrected chi connectivity index (χ1v) is 9.56. The Morgan fingerprint density at radius 1 is 0.964 bits per heavy atom. The number of hydrogen-bond acceptors (Lipinski definition) is 2. The quantitative estimate of drug-likeness (QED) is 0.683. The third kappa shape index (κ3) is 4.12. The molecule has 0 bridgehead atoms. The van der Waals surface area contributed by atoms with Crippen LogP contribution in [0.2, 0.25) is 0 Å². The Kier molecular flexibility index (Phi) is 5.22. The summed E-state index contributed by atoms with van der Waals surface area (Å²) < 4.78 is 13.3. The van der Waals surface area contributed by atoms with Gasteiger partial charge in [0.2, 0.25) is 5.91 Å². The number of rotatable bonds is 6. The minimum Gasteiger partial charge on any atom is -0.366 e. The maximum Gasteiger partial charge on any atom is 0.248 e. The lowest BCUT2D eigenvalue weighted by atomic mass is 10.0. The van der Waals surface area contributed by atoms with Crippen molar-refractivity contribution < 1.29 is 9.18 Å². The normalized spacial score (nSPS) is 15.4. The first-order chi connectivity index (χ1) is 13.6. The van der Waals surface area contributed by atoms with Crippen molar-refractivity contribution in [3.8, 4) is 11.1 Å². The molecule has 0 heterocycles. The molecule has 4 rings (SSSR count). The lowest BCUT2D eigenvalue weighted by molar-refractivity contribution is 0.100. The number of primary amides is 1. The van der Waals surface area contributed by atoms with E-state index >= 15 is 0 Å². The van der Waals surface area contributed by atoms with Crippen molar-refractivity contribution >= 4 is 5.91 Å². The SMILES string of the molecule is NC(=O)c1cccc(-c2ccc(CNC[C@@H]3Cc4ccc(F)cc4C3)cc2)c1. The van der Waals surface area contributed by atoms with Crippen LogP contribution in [-0.4, -0.2) is 12.5 Å². The van der Waals surface area contributed by atoms with Crippen molar-refractivity contribution in [2.45, 2.75) is 19.4 Å². The van der Waals surface area contributed by atoms with Gasteiger partial charge in [0.1, 0.15) is 5.82 Å². The topological polar surface area (TPSA) is 55.1 Å². The zero-order valence-corrected chi connectivity index (χ0v) is 15.6. The highest BCUT2D eigenvalue weighted by atomic mass is 19.1. The van der Waals surface area contributed by atoms with E-state index in [2.05, 4.69) is 29.6 Å². The summed E-state index contributed by atoms with van der Waals surface area (Å²) in [6.07, 6.45) is 1.95. The lowest BCUT2D eigenvalue weighted by Gasteiger charge is -2.11. The smallest absolute Gasteiger partial charge is 0.248 e. The minimum absolute atomic E-state index is 0.145. The number of carbonyl (C=O) groups excluding carboxylic acids is 1. The average molecular weight is 374 g/mol. The predicted octanol–water partition coefficient (Wildman–Crippen LogP) is 4.10. The van der Waals surface area contributed by atoms with Crippen LogP contribution in [0.1, 0.15) is 27.0 Å². The van der Waals surface area contributed by atoms with Gasteiger partial charge in [-0.3, -0.25) is 4.79 Å². The molecular formula is C24H23FN2O. The van der Waals surface area contributed by atoms with Crippen molar-refractivity contribution in [2.75, 3.05) is 6.54 Å². The van der Waals surface area contributed by atoms with Crippen LogP contribution in [0.3, 0.4) is 0 Å². The largest absolute Gasteiger partial charge is 0.366 e. The van der Waals surface area contributed by atoms with E-state index in [-0.39, 0.29) is 5.82 Å². The van der Waals surface area contributed by atoms with E-state index in [0.29, 0.717) is 11.5 Å². The molecular weight excluding hydrogens is 351 g/mol. The number of amides is 1. The van der Waals surface area contributed by atoms with Crippen LogP contribution in [0.4, 0.5) is 4.39 Å². The van der Waals surface area contributed by atoms with Gasteiger partial charge in [0.15, 0.2) is 0 Å². The molecule has 3 nitrogen and oxygen atoms in total. The molecule has 28 heavy (non-hydrogen) atoms. The van der Waals surface area contributed by atoms with Gasteiger partial charge in [-0.25, -0.2) is 4.39 Å². The fourth-order valence-corrected chi connectivity index (χ4v) is 3.91. The van der Waals surface area contributed by atoms with E-state index in [1.807, 2.05) is 24.3 Å². The van der Waals surface area contributed by atoms with Gasteiger partial charge in [0.05, 0.1) is 0 Å². The summed E-state index contributed by atoms with van der Waals surface area (Å²) in [5, 5.41) is 3.52. The Hall–Kier alpha value is -2.98. The summed E-state index contributed by atoms with van der Waals surface area (Å²) in [5.74, 6) is -0.0408. The van der Waals surface area contributed by atoms with Gasteiger partial charge < -0.3 is 11.1 Å². The summed E-state index contributed by atoms with van der Waals surface area (Å²) >= 11 is 0. The van der Waals surface area contributed by atoms with Crippen LogP contribution in [0.25, 0.3) is 11.1 Å². The maximum atomic E-state index is 13.3. The highest BCUT2D eigenvalue weighted by Crippen LogP contribution is 2.27. The van der Waals surface area contributed by atoms with E-state index in [4.69, 9.17) is 5.73 Å². The number of carbonyl (C=O) groups is 1. The molecule has 3 aromatic rings. The molecule has 0 spiro atoms. The molecule has 142 valence electrons. The van der Waals surface area contributed by atoms with Crippen LogP contribution in [-0.2, 0) is 19.4 Å². The Balaban J connectivity index is 1.32. The molecule has 1 amide bonds. The van der Waals surface area contributed by atoms with E-state index in [1.54, 1.807) is 18.2 Å². The molecule has 0 saturated carbocycles. The lowest BCUT2D eigenvalue weighted by Crippen LogP contribution is -2.22. The molecule has 1 aliphatic rings. The number of halogens is 1. The van der Waals surface area contributed by atoms with Crippen LogP contribution in [0.15, 0.2) is 66.7 Å². The second-order valence-electron chi connectivity index (χ2n) is 7.46. The van der Waals surface area contributed by atoms with Gasteiger partial charge in [-0.2, -0.15) is 0 Å². The van der Waals surface area contributed by atoms with Gasteiger partial charge >= 0.3 is 0 Å². The molecule has 0 unspecified atom stereocenters. The third-order valence-electron chi connectivity index (χ3n) is 5.38. The average Bonchev–Trinajstić information content (AvgIpc) is 3.10. The van der Waals surface area contributed by atoms with Crippen molar-refractivity contribution in [1.29, 1.82) is 0 Å². The van der Waals surface area contributed by atoms with Crippen molar-refractivity contribution in [3.05, 3.63) is 94.8 Å². The summed E-state index contributed by atoms with van der Waals surface area (Å²) in [7, 11) is 0. The Labute approximate surface area is 164 Å². The fourth-order valence-electron chi connectivity index (χ4n) is 3.91. The third-order valence-corrected chi connectivity index (χ3v) is 5.38. The number of fused-ring (bicyclic) bond motifs is 1. The number of hydrogen-bond donors (Lipinski definition) is 2. The van der Waals surface area contributed by atoms with Gasteiger partial charge in [-0.05, 0) is 77.4 Å². The van der Waals surface area contributed by atoms with Crippen LogP contribution >= 0.6 is 0 Å². The minimum atomic E-state index is -0.417. The number of benzene rings is 3. The van der Waals surface area contributed by atoms with Crippen molar-refractivity contribution in [2.24, 2.45) is 11.7 Å². The van der Waals surface area contributed by atoms with E-state index in [9.17, 15) is 9.18 Å². The second-order valence-corrected chi connectivity index (χ2v) is 7.46. The van der Waals surface area contributed by atoms with Crippen molar-refractivity contribution in [3.63, 3.8) is 0 Å². The molecule has 3 N–H and O–H groups in total. The molecule has 1 aliphatic carbocycles. The van der Waals surface area contributed by atoms with Crippen molar-refractivity contribution in [1.82, 2.24) is 5.32 Å². The summed E-state index contributed by atoms with van der Waals surface area (Å²) in [5.41, 5.74) is 11.5. The first kappa shape index (κ1) is 18.4. The standard InChI is InChI=1S/C24H23FN2O/c25-23-9-8-20-10-17(11-22(20)13-23)15-27-14-16-4-6-18(7-5-16)19-2-1-3-21(12-19)24(26)28/h1-9,12-13,17,27H,10-11,14-15H2,(H2,26,28)/t17-/m1/s1. The predicted molar refractivity (Wildman–Crippen MR) is 109 cm³/mol. The summed E-state index contributed by atoms with van der Waals surface area (Å²) in [6.45, 7) is 1.71. The Morgan fingerprint density at radius 2 is 1.75 bits per heavy atom. The number of nitrogens with one attached hydrogen (secondary N) is 1. The van der Waals surface area contributed by atoms with Gasteiger partial charge in [-0.1, -0.05) is 42.5 Å². The highest BCUT2D eigenvalue weighted by Gasteiger charge is 2.21. The van der Waals surface area contributed by atoms with Crippen LogP contribution in [0, 0.1) is 11.7 Å². The molecule has 3 aromatic carbocycles. The van der Waals surface area contributed by atoms with E-state index < -0.39 is 5.91 Å². The molecule has 0 aliphatic heterocycles. The molecule has 1 atom stereocenters. The summed E-state index contributed by atoms with van der Waals surface area (Å²) in [6, 6.07) is 20.8. The second kappa shape index (κ2) is 7.95. The van der Waals surface area contributed by atoms with Crippen LogP contribution in [0.5, 0.6) is 0 Å². The zero-order valence-electron chi connectivity index (χ0n) is 15.6. The highest BCUT2D eigenvalue weighted by molar-refractivity contribution is 5.94.